The van der Waals surface area contributed by atoms with E-state index >= 15 is 0 Å². The minimum atomic E-state index is -2.57. The van der Waals surface area contributed by atoms with Gasteiger partial charge in [0.2, 0.25) is 0 Å². The Bertz CT molecular complexity index is 292. The van der Waals surface area contributed by atoms with Gasteiger partial charge in [-0.2, -0.15) is 0 Å². The van der Waals surface area contributed by atoms with Gasteiger partial charge in [-0.25, -0.2) is 9.59 Å². The molecule has 2 atom stereocenters. The number of hydrogen-bond donors (Lipinski definition) is 4. The molecule has 0 saturated heterocycles. The van der Waals surface area contributed by atoms with Crippen molar-refractivity contribution in [3.63, 3.8) is 0 Å². The molecule has 0 aliphatic heterocycles. The summed E-state index contributed by atoms with van der Waals surface area (Å²) in [5.41, 5.74) is 0. The third kappa shape index (κ3) is 2.52. The van der Waals surface area contributed by atoms with Crippen LogP contribution in [0.3, 0.4) is 0 Å². The third-order valence-corrected chi connectivity index (χ3v) is 1.33. The van der Waals surface area contributed by atoms with Crippen LogP contribution < -0.4 is 0 Å². The number of aliphatic hydroxyl groups excluding tert-OH is 1. The molecule has 0 rings (SSSR count). The lowest BCUT2D eigenvalue weighted by molar-refractivity contribution is -0.167. The number of carboxylic acid groups (broad SMARTS) is 3. The van der Waals surface area contributed by atoms with E-state index in [2.05, 4.69) is 0 Å². The Labute approximate surface area is 76.4 Å². The zero-order valence-electron chi connectivity index (χ0n) is 6.58. The van der Waals surface area contributed by atoms with Crippen molar-refractivity contribution in [1.29, 1.82) is 0 Å². The lowest BCUT2D eigenvalue weighted by Crippen LogP contribution is -2.42. The number of carbonyl (C=O) groups excluding carboxylic acids is 1. The Hall–Kier alpha value is -1.96. The highest BCUT2D eigenvalue weighted by Crippen LogP contribution is 2.06. The Balaban J connectivity index is 4.96. The Morgan fingerprint density at radius 2 is 1.29 bits per heavy atom. The van der Waals surface area contributed by atoms with Crippen molar-refractivity contribution in [2.24, 2.45) is 5.92 Å². The fraction of sp³-hybridized carbons (Fsp3) is 0.333. The van der Waals surface area contributed by atoms with Crippen LogP contribution in [-0.4, -0.2) is 50.2 Å². The molecule has 0 spiro atoms. The molecule has 14 heavy (non-hydrogen) atoms. The third-order valence-electron chi connectivity index (χ3n) is 1.33. The summed E-state index contributed by atoms with van der Waals surface area (Å²) in [4.78, 5) is 41.1. The predicted octanol–water partition coefficient (Wildman–Crippen LogP) is -2.21. The molecule has 0 aromatic rings. The molecule has 78 valence electrons. The normalized spacial score (nSPS) is 14.1. The van der Waals surface area contributed by atoms with Gasteiger partial charge in [0, 0.05) is 0 Å². The van der Waals surface area contributed by atoms with Crippen molar-refractivity contribution in [3.8, 4) is 0 Å². The average molecular weight is 206 g/mol. The lowest BCUT2D eigenvalue weighted by Gasteiger charge is -2.11. The van der Waals surface area contributed by atoms with Gasteiger partial charge in [-0.15, -0.1) is 0 Å². The number of Topliss-reactive ketones (excluding diaryl/α,β-unsaturated/α-hetero) is 1. The summed E-state index contributed by atoms with van der Waals surface area (Å²) in [6, 6.07) is 0. The molecule has 0 saturated carbocycles. The van der Waals surface area contributed by atoms with Crippen LogP contribution in [0, 0.1) is 5.92 Å². The van der Waals surface area contributed by atoms with Crippen LogP contribution in [-0.2, 0) is 19.2 Å². The molecule has 0 aliphatic carbocycles. The molecule has 0 radical (unpaired) electrons. The fourth-order valence-corrected chi connectivity index (χ4v) is 0.666. The Morgan fingerprint density at radius 1 is 0.857 bits per heavy atom. The van der Waals surface area contributed by atoms with Crippen LogP contribution in [0.1, 0.15) is 0 Å². The van der Waals surface area contributed by atoms with E-state index < -0.39 is 35.7 Å². The highest BCUT2D eigenvalue weighted by atomic mass is 16.4. The first-order valence-electron chi connectivity index (χ1n) is 3.19. The standard InChI is InChI=1S/C6H6O8/c7-2(5(11)12)1(4(9)10)3(8)6(13)14/h1-2,7H,(H,9,10)(H,11,12)(H,13,14)/t1-,2+/m1/s1. The van der Waals surface area contributed by atoms with Crippen LogP contribution >= 0.6 is 0 Å². The van der Waals surface area contributed by atoms with E-state index in [1.54, 1.807) is 0 Å². The highest BCUT2D eigenvalue weighted by molar-refractivity contribution is 6.37. The molecule has 0 unspecified atom stereocenters. The molecule has 0 amide bonds. The van der Waals surface area contributed by atoms with Gasteiger partial charge in [-0.3, -0.25) is 9.59 Å². The van der Waals surface area contributed by atoms with E-state index in [4.69, 9.17) is 20.4 Å². The molecular weight excluding hydrogens is 200 g/mol. The second-order valence-electron chi connectivity index (χ2n) is 2.27. The van der Waals surface area contributed by atoms with Crippen LogP contribution in [0.25, 0.3) is 0 Å². The molecule has 0 aromatic carbocycles. The zero-order valence-corrected chi connectivity index (χ0v) is 6.58. The van der Waals surface area contributed by atoms with Crippen LogP contribution in [0.2, 0.25) is 0 Å². The van der Waals surface area contributed by atoms with E-state index in [0.717, 1.165) is 0 Å². The van der Waals surface area contributed by atoms with Crippen molar-refractivity contribution in [3.05, 3.63) is 0 Å². The molecular formula is C6H6O8. The summed E-state index contributed by atoms with van der Waals surface area (Å²) in [5.74, 6) is -10.5. The van der Waals surface area contributed by atoms with E-state index in [1.165, 1.54) is 0 Å². The van der Waals surface area contributed by atoms with Gasteiger partial charge in [0.1, 0.15) is 0 Å². The molecule has 8 heteroatoms. The maximum Gasteiger partial charge on any atom is 0.373 e. The Morgan fingerprint density at radius 3 is 1.50 bits per heavy atom. The van der Waals surface area contributed by atoms with E-state index in [1.807, 2.05) is 0 Å². The summed E-state index contributed by atoms with van der Waals surface area (Å²) < 4.78 is 0. The Kier molecular flexibility index (Phi) is 3.72. The zero-order chi connectivity index (χ0) is 11.5. The summed E-state index contributed by atoms with van der Waals surface area (Å²) in [6.45, 7) is 0. The smallest absolute Gasteiger partial charge is 0.373 e. The van der Waals surface area contributed by atoms with E-state index in [0.29, 0.717) is 0 Å². The molecule has 0 aromatic heterocycles. The number of rotatable bonds is 5. The van der Waals surface area contributed by atoms with Gasteiger partial charge in [0.05, 0.1) is 0 Å². The van der Waals surface area contributed by atoms with Crippen molar-refractivity contribution in [2.45, 2.75) is 6.10 Å². The number of ketones is 1. The lowest BCUT2D eigenvalue weighted by atomic mass is 9.97. The molecule has 8 nitrogen and oxygen atoms in total. The number of aliphatic hydroxyl groups is 1. The molecule has 0 bridgehead atoms. The number of carboxylic acids is 3. The van der Waals surface area contributed by atoms with E-state index in [9.17, 15) is 19.2 Å². The second kappa shape index (κ2) is 4.33. The molecule has 4 N–H and O–H groups in total. The van der Waals surface area contributed by atoms with Gasteiger partial charge >= 0.3 is 17.9 Å². The first-order valence-corrected chi connectivity index (χ1v) is 3.19. The average Bonchev–Trinajstić information content (AvgIpc) is 2.03. The molecule has 0 aliphatic rings. The highest BCUT2D eigenvalue weighted by Gasteiger charge is 2.41. The predicted molar refractivity (Wildman–Crippen MR) is 37.4 cm³/mol. The van der Waals surface area contributed by atoms with Crippen molar-refractivity contribution < 1.29 is 39.6 Å². The van der Waals surface area contributed by atoms with Gasteiger partial charge in [0.15, 0.2) is 12.0 Å². The topological polar surface area (TPSA) is 149 Å². The summed E-state index contributed by atoms with van der Waals surface area (Å²) in [7, 11) is 0. The first-order chi connectivity index (χ1) is 6.29. The van der Waals surface area contributed by atoms with Crippen LogP contribution in [0.4, 0.5) is 0 Å². The summed E-state index contributed by atoms with van der Waals surface area (Å²) in [6.07, 6.45) is -2.57. The van der Waals surface area contributed by atoms with E-state index in [-0.39, 0.29) is 0 Å². The minimum Gasteiger partial charge on any atom is -0.481 e. The second-order valence-corrected chi connectivity index (χ2v) is 2.27. The van der Waals surface area contributed by atoms with Gasteiger partial charge in [-0.05, 0) is 0 Å². The molecule has 0 fully saturated rings. The van der Waals surface area contributed by atoms with Crippen LogP contribution in [0.15, 0.2) is 0 Å². The first kappa shape index (κ1) is 12.0. The van der Waals surface area contributed by atoms with Gasteiger partial charge in [0.25, 0.3) is 5.78 Å². The quantitative estimate of drug-likeness (QED) is 0.292. The summed E-state index contributed by atoms with van der Waals surface area (Å²) >= 11 is 0. The van der Waals surface area contributed by atoms with Crippen molar-refractivity contribution in [1.82, 2.24) is 0 Å². The van der Waals surface area contributed by atoms with Crippen molar-refractivity contribution in [2.75, 3.05) is 0 Å². The number of carbonyl (C=O) groups is 4. The van der Waals surface area contributed by atoms with Crippen molar-refractivity contribution >= 4 is 23.7 Å². The maximum atomic E-state index is 10.6. The summed E-state index contributed by atoms with van der Waals surface area (Å²) in [5, 5.41) is 33.3. The maximum absolute atomic E-state index is 10.6. The molecule has 0 heterocycles. The minimum absolute atomic E-state index is 1.88. The largest absolute Gasteiger partial charge is 0.481 e. The van der Waals surface area contributed by atoms with Crippen LogP contribution in [0.5, 0.6) is 0 Å². The number of hydrogen-bond acceptors (Lipinski definition) is 5. The monoisotopic (exact) mass is 206 g/mol. The number of aliphatic carboxylic acids is 3. The van der Waals surface area contributed by atoms with Gasteiger partial charge in [-0.1, -0.05) is 0 Å². The SMILES string of the molecule is O=C(O)C(=O)[C@H](C(=O)O)[C@H](O)C(=O)O. The van der Waals surface area contributed by atoms with Gasteiger partial charge < -0.3 is 20.4 Å². The fourth-order valence-electron chi connectivity index (χ4n) is 0.666.